The molecule has 19 heavy (non-hydrogen) atoms. The number of nitrogens with one attached hydrogen (secondary N) is 1. The van der Waals surface area contributed by atoms with E-state index in [4.69, 9.17) is 4.74 Å². The van der Waals surface area contributed by atoms with Gasteiger partial charge in [-0.05, 0) is 45.4 Å². The summed E-state index contributed by atoms with van der Waals surface area (Å²) >= 11 is 0. The molecule has 1 aliphatic carbocycles. The van der Waals surface area contributed by atoms with Crippen molar-refractivity contribution in [3.8, 4) is 5.75 Å². The quantitative estimate of drug-likeness (QED) is 0.903. The van der Waals surface area contributed by atoms with E-state index in [9.17, 15) is 0 Å². The van der Waals surface area contributed by atoms with Crippen molar-refractivity contribution >= 4 is 0 Å². The number of hydrogen-bond donors (Lipinski definition) is 1. The SMILES string of the molecule is COc1c(C)cnc(CNC2CCC(C)CC2)c1C. The molecule has 0 aliphatic heterocycles. The molecule has 0 atom stereocenters. The van der Waals surface area contributed by atoms with Gasteiger partial charge in [0.2, 0.25) is 0 Å². The predicted molar refractivity (Wildman–Crippen MR) is 78.5 cm³/mol. The summed E-state index contributed by atoms with van der Waals surface area (Å²) in [5.74, 6) is 1.88. The molecule has 0 unspecified atom stereocenters. The molecule has 0 radical (unpaired) electrons. The van der Waals surface area contributed by atoms with Crippen LogP contribution in [-0.4, -0.2) is 18.1 Å². The molecule has 1 fully saturated rings. The number of aromatic nitrogens is 1. The zero-order valence-corrected chi connectivity index (χ0v) is 12.6. The molecule has 106 valence electrons. The van der Waals surface area contributed by atoms with Crippen molar-refractivity contribution in [2.24, 2.45) is 5.92 Å². The van der Waals surface area contributed by atoms with Gasteiger partial charge in [-0.25, -0.2) is 0 Å². The summed E-state index contributed by atoms with van der Waals surface area (Å²) in [4.78, 5) is 4.54. The van der Waals surface area contributed by atoms with Crippen molar-refractivity contribution in [3.63, 3.8) is 0 Å². The first-order valence-electron chi connectivity index (χ1n) is 7.34. The number of pyridine rings is 1. The highest BCUT2D eigenvalue weighted by Gasteiger charge is 2.18. The molecule has 0 spiro atoms. The average Bonchev–Trinajstić information content (AvgIpc) is 2.40. The van der Waals surface area contributed by atoms with Gasteiger partial charge < -0.3 is 10.1 Å². The Kier molecular flexibility index (Phi) is 4.81. The van der Waals surface area contributed by atoms with E-state index in [1.54, 1.807) is 7.11 Å². The molecular formula is C16H26N2O. The maximum Gasteiger partial charge on any atom is 0.128 e. The first kappa shape index (κ1) is 14.3. The number of aryl methyl sites for hydroxylation is 1. The molecule has 1 aromatic heterocycles. The molecule has 1 aliphatic rings. The topological polar surface area (TPSA) is 34.1 Å². The summed E-state index contributed by atoms with van der Waals surface area (Å²) in [6.07, 6.45) is 7.20. The van der Waals surface area contributed by atoms with Crippen LogP contribution in [0.1, 0.15) is 49.4 Å². The molecule has 1 heterocycles. The Morgan fingerprint density at radius 1 is 1.26 bits per heavy atom. The molecule has 1 saturated carbocycles. The number of nitrogens with zero attached hydrogens (tertiary/aromatic N) is 1. The van der Waals surface area contributed by atoms with Crippen LogP contribution in [0.4, 0.5) is 0 Å². The Morgan fingerprint density at radius 3 is 2.58 bits per heavy atom. The average molecular weight is 262 g/mol. The third-order valence-corrected chi connectivity index (χ3v) is 4.32. The van der Waals surface area contributed by atoms with Crippen LogP contribution >= 0.6 is 0 Å². The molecule has 0 amide bonds. The molecular weight excluding hydrogens is 236 g/mol. The van der Waals surface area contributed by atoms with E-state index < -0.39 is 0 Å². The van der Waals surface area contributed by atoms with Gasteiger partial charge in [-0.1, -0.05) is 6.92 Å². The summed E-state index contributed by atoms with van der Waals surface area (Å²) in [6.45, 7) is 7.34. The molecule has 3 nitrogen and oxygen atoms in total. The summed E-state index contributed by atoms with van der Waals surface area (Å²) in [6, 6.07) is 0.657. The standard InChI is InChI=1S/C16H26N2O/c1-11-5-7-14(8-6-11)17-10-15-13(3)16(19-4)12(2)9-18-15/h9,11,14,17H,5-8,10H2,1-4H3. The Labute approximate surface area is 116 Å². The number of hydrogen-bond acceptors (Lipinski definition) is 3. The van der Waals surface area contributed by atoms with Gasteiger partial charge in [0.15, 0.2) is 0 Å². The minimum absolute atomic E-state index is 0.657. The van der Waals surface area contributed by atoms with Gasteiger partial charge in [-0.3, -0.25) is 4.98 Å². The first-order valence-corrected chi connectivity index (χ1v) is 7.34. The van der Waals surface area contributed by atoms with E-state index in [0.29, 0.717) is 6.04 Å². The maximum absolute atomic E-state index is 5.45. The van der Waals surface area contributed by atoms with Crippen molar-refractivity contribution < 1.29 is 4.74 Å². The highest BCUT2D eigenvalue weighted by molar-refractivity contribution is 5.40. The lowest BCUT2D eigenvalue weighted by molar-refractivity contribution is 0.305. The van der Waals surface area contributed by atoms with Crippen LogP contribution in [0.3, 0.4) is 0 Å². The number of ether oxygens (including phenoxy) is 1. The molecule has 0 saturated heterocycles. The number of methoxy groups -OCH3 is 1. The van der Waals surface area contributed by atoms with Gasteiger partial charge in [0.1, 0.15) is 5.75 Å². The molecule has 0 bridgehead atoms. The third-order valence-electron chi connectivity index (χ3n) is 4.32. The fourth-order valence-electron chi connectivity index (χ4n) is 2.95. The second-order valence-electron chi connectivity index (χ2n) is 5.88. The van der Waals surface area contributed by atoms with Crippen molar-refractivity contribution in [1.82, 2.24) is 10.3 Å². The fraction of sp³-hybridized carbons (Fsp3) is 0.688. The summed E-state index contributed by atoms with van der Waals surface area (Å²) in [7, 11) is 1.73. The Bertz CT molecular complexity index is 423. The summed E-state index contributed by atoms with van der Waals surface area (Å²) in [5.41, 5.74) is 3.38. The maximum atomic E-state index is 5.45. The van der Waals surface area contributed by atoms with E-state index >= 15 is 0 Å². The van der Waals surface area contributed by atoms with Gasteiger partial charge >= 0.3 is 0 Å². The lowest BCUT2D eigenvalue weighted by atomic mass is 9.87. The zero-order chi connectivity index (χ0) is 13.8. The van der Waals surface area contributed by atoms with Crippen molar-refractivity contribution in [1.29, 1.82) is 0 Å². The monoisotopic (exact) mass is 262 g/mol. The highest BCUT2D eigenvalue weighted by atomic mass is 16.5. The van der Waals surface area contributed by atoms with Crippen LogP contribution in [0.25, 0.3) is 0 Å². The second kappa shape index (κ2) is 6.38. The van der Waals surface area contributed by atoms with Crippen molar-refractivity contribution in [3.05, 3.63) is 23.0 Å². The smallest absolute Gasteiger partial charge is 0.128 e. The van der Waals surface area contributed by atoms with Gasteiger partial charge in [0.25, 0.3) is 0 Å². The fourth-order valence-corrected chi connectivity index (χ4v) is 2.95. The lowest BCUT2D eigenvalue weighted by Gasteiger charge is -2.27. The third kappa shape index (κ3) is 3.47. The molecule has 0 aromatic carbocycles. The minimum Gasteiger partial charge on any atom is -0.496 e. The van der Waals surface area contributed by atoms with Crippen molar-refractivity contribution in [2.45, 2.75) is 59.0 Å². The number of rotatable bonds is 4. The summed E-state index contributed by atoms with van der Waals surface area (Å²) in [5, 5.41) is 3.65. The van der Waals surface area contributed by atoms with Gasteiger partial charge in [0, 0.05) is 29.9 Å². The van der Waals surface area contributed by atoms with Crippen LogP contribution < -0.4 is 10.1 Å². The van der Waals surface area contributed by atoms with Gasteiger partial charge in [0.05, 0.1) is 12.8 Å². The molecule has 1 aromatic rings. The van der Waals surface area contributed by atoms with E-state index in [1.165, 1.54) is 31.2 Å². The van der Waals surface area contributed by atoms with Crippen molar-refractivity contribution in [2.75, 3.05) is 7.11 Å². The minimum atomic E-state index is 0.657. The molecule has 1 N–H and O–H groups in total. The van der Waals surface area contributed by atoms with E-state index in [0.717, 1.165) is 29.5 Å². The normalized spacial score (nSPS) is 23.4. The highest BCUT2D eigenvalue weighted by Crippen LogP contribution is 2.26. The van der Waals surface area contributed by atoms with Crippen LogP contribution in [0.15, 0.2) is 6.20 Å². The summed E-state index contributed by atoms with van der Waals surface area (Å²) < 4.78 is 5.45. The van der Waals surface area contributed by atoms with Gasteiger partial charge in [-0.15, -0.1) is 0 Å². The van der Waals surface area contributed by atoms with Crippen LogP contribution in [-0.2, 0) is 6.54 Å². The molecule has 3 heteroatoms. The molecule has 2 rings (SSSR count). The Balaban J connectivity index is 1.96. The predicted octanol–water partition coefficient (Wildman–Crippen LogP) is 3.38. The lowest BCUT2D eigenvalue weighted by Crippen LogP contribution is -2.32. The van der Waals surface area contributed by atoms with E-state index in [-0.39, 0.29) is 0 Å². The van der Waals surface area contributed by atoms with Crippen LogP contribution in [0, 0.1) is 19.8 Å². The van der Waals surface area contributed by atoms with Gasteiger partial charge in [-0.2, -0.15) is 0 Å². The van der Waals surface area contributed by atoms with E-state index in [2.05, 4.69) is 24.1 Å². The first-order chi connectivity index (χ1) is 9.11. The Morgan fingerprint density at radius 2 is 1.95 bits per heavy atom. The van der Waals surface area contributed by atoms with Crippen LogP contribution in [0.5, 0.6) is 5.75 Å². The Hall–Kier alpha value is -1.09. The van der Waals surface area contributed by atoms with E-state index in [1.807, 2.05) is 13.1 Å². The second-order valence-corrected chi connectivity index (χ2v) is 5.88. The zero-order valence-electron chi connectivity index (χ0n) is 12.6. The largest absolute Gasteiger partial charge is 0.496 e. The van der Waals surface area contributed by atoms with Crippen LogP contribution in [0.2, 0.25) is 0 Å².